The molecule has 2 amide bonds. The van der Waals surface area contributed by atoms with E-state index >= 15 is 0 Å². The Labute approximate surface area is 172 Å². The van der Waals surface area contributed by atoms with E-state index in [1.165, 1.54) is 7.11 Å². The van der Waals surface area contributed by atoms with Gasteiger partial charge in [0, 0.05) is 45.7 Å². The van der Waals surface area contributed by atoms with E-state index in [1.807, 2.05) is 9.80 Å². The van der Waals surface area contributed by atoms with Gasteiger partial charge in [-0.05, 0) is 44.4 Å². The van der Waals surface area contributed by atoms with Crippen LogP contribution in [0, 0.1) is 5.92 Å². The molecule has 1 unspecified atom stereocenters. The summed E-state index contributed by atoms with van der Waals surface area (Å²) in [5.74, 6) is -0.103. The van der Waals surface area contributed by atoms with Gasteiger partial charge < -0.3 is 19.4 Å². The van der Waals surface area contributed by atoms with E-state index in [0.29, 0.717) is 36.6 Å². The van der Waals surface area contributed by atoms with Gasteiger partial charge in [-0.15, -0.1) is 0 Å². The second-order valence-corrected chi connectivity index (χ2v) is 8.02. The van der Waals surface area contributed by atoms with Gasteiger partial charge in [0.25, 0.3) is 5.91 Å². The summed E-state index contributed by atoms with van der Waals surface area (Å²) in [6, 6.07) is 6.78. The number of nitrogens with zero attached hydrogens (tertiary/aromatic N) is 3. The third kappa shape index (κ3) is 5.35. The average molecular weight is 402 g/mol. The van der Waals surface area contributed by atoms with E-state index < -0.39 is 5.97 Å². The van der Waals surface area contributed by atoms with Crippen molar-refractivity contribution >= 4 is 17.8 Å². The monoisotopic (exact) mass is 401 g/mol. The topological polar surface area (TPSA) is 70.2 Å². The summed E-state index contributed by atoms with van der Waals surface area (Å²) in [6.07, 6.45) is 3.28. The van der Waals surface area contributed by atoms with Crippen LogP contribution in [-0.4, -0.2) is 85.9 Å². The predicted molar refractivity (Wildman–Crippen MR) is 110 cm³/mol. The molecule has 1 aromatic rings. The largest absolute Gasteiger partial charge is 0.465 e. The number of hydrogen-bond donors (Lipinski definition) is 0. The standard InChI is InChI=1S/C22H31N3O4/c1-23-12-14-24(15-13-23)20(26)10-9-17-6-5-11-25(16-17)21(27)18-7-3-4-8-19(18)22(28)29-2/h3-4,7-8,17H,5-6,9-16H2,1-2H3. The van der Waals surface area contributed by atoms with Gasteiger partial charge in [0.05, 0.1) is 18.2 Å². The molecule has 0 saturated carbocycles. The van der Waals surface area contributed by atoms with Crippen molar-refractivity contribution in [2.24, 2.45) is 5.92 Å². The third-order valence-corrected chi connectivity index (χ3v) is 5.99. The van der Waals surface area contributed by atoms with Gasteiger partial charge >= 0.3 is 5.97 Å². The van der Waals surface area contributed by atoms with Crippen LogP contribution in [-0.2, 0) is 9.53 Å². The van der Waals surface area contributed by atoms with Gasteiger partial charge in [0.2, 0.25) is 5.91 Å². The minimum atomic E-state index is -0.500. The summed E-state index contributed by atoms with van der Waals surface area (Å²) in [5.41, 5.74) is 0.681. The van der Waals surface area contributed by atoms with Crippen molar-refractivity contribution < 1.29 is 19.1 Å². The number of hydrogen-bond acceptors (Lipinski definition) is 5. The van der Waals surface area contributed by atoms with Crippen LogP contribution in [0.4, 0.5) is 0 Å². The lowest BCUT2D eigenvalue weighted by molar-refractivity contribution is -0.133. The van der Waals surface area contributed by atoms with Crippen molar-refractivity contribution in [1.29, 1.82) is 0 Å². The number of piperidine rings is 1. The molecule has 0 spiro atoms. The quantitative estimate of drug-likeness (QED) is 0.705. The highest BCUT2D eigenvalue weighted by molar-refractivity contribution is 6.05. The second-order valence-electron chi connectivity index (χ2n) is 8.02. The Kier molecular flexibility index (Phi) is 7.25. The van der Waals surface area contributed by atoms with Crippen LogP contribution in [0.15, 0.2) is 24.3 Å². The molecule has 158 valence electrons. The zero-order chi connectivity index (χ0) is 20.8. The molecule has 0 bridgehead atoms. The molecule has 2 aliphatic rings. The number of ether oxygens (including phenoxy) is 1. The number of likely N-dealkylation sites (N-methyl/N-ethyl adjacent to an activating group) is 1. The van der Waals surface area contributed by atoms with Gasteiger partial charge in [-0.2, -0.15) is 0 Å². The van der Waals surface area contributed by atoms with Crippen molar-refractivity contribution in [1.82, 2.24) is 14.7 Å². The van der Waals surface area contributed by atoms with Crippen LogP contribution in [0.2, 0.25) is 0 Å². The number of amides is 2. The van der Waals surface area contributed by atoms with E-state index in [-0.39, 0.29) is 11.8 Å². The molecule has 7 heteroatoms. The Balaban J connectivity index is 1.56. The summed E-state index contributed by atoms with van der Waals surface area (Å²) in [4.78, 5) is 43.6. The van der Waals surface area contributed by atoms with E-state index in [2.05, 4.69) is 11.9 Å². The summed E-state index contributed by atoms with van der Waals surface area (Å²) in [6.45, 7) is 4.76. The Hall–Kier alpha value is -2.41. The molecule has 0 radical (unpaired) electrons. The Morgan fingerprint density at radius 3 is 2.38 bits per heavy atom. The summed E-state index contributed by atoms with van der Waals surface area (Å²) < 4.78 is 4.81. The highest BCUT2D eigenvalue weighted by Crippen LogP contribution is 2.24. The first-order chi connectivity index (χ1) is 14.0. The predicted octanol–water partition coefficient (Wildman–Crippen LogP) is 1.88. The number of esters is 1. The van der Waals surface area contributed by atoms with E-state index in [0.717, 1.165) is 45.4 Å². The number of piperazine rings is 1. The summed E-state index contributed by atoms with van der Waals surface area (Å²) >= 11 is 0. The Bertz CT molecular complexity index is 743. The second kappa shape index (κ2) is 9.87. The van der Waals surface area contributed by atoms with Crippen LogP contribution in [0.25, 0.3) is 0 Å². The smallest absolute Gasteiger partial charge is 0.338 e. The number of likely N-dealkylation sites (tertiary alicyclic amines) is 1. The molecule has 0 aromatic heterocycles. The number of carbonyl (C=O) groups is 3. The van der Waals surface area contributed by atoms with Crippen molar-refractivity contribution in [2.75, 3.05) is 53.4 Å². The van der Waals surface area contributed by atoms with E-state index in [1.54, 1.807) is 24.3 Å². The molecule has 2 aliphatic heterocycles. The fourth-order valence-electron chi connectivity index (χ4n) is 4.15. The van der Waals surface area contributed by atoms with Crippen LogP contribution < -0.4 is 0 Å². The lowest BCUT2D eigenvalue weighted by atomic mass is 9.92. The molecule has 0 aliphatic carbocycles. The Morgan fingerprint density at radius 1 is 1.00 bits per heavy atom. The molecule has 7 nitrogen and oxygen atoms in total. The molecular formula is C22H31N3O4. The summed E-state index contributed by atoms with van der Waals surface area (Å²) in [5, 5.41) is 0. The highest BCUT2D eigenvalue weighted by atomic mass is 16.5. The van der Waals surface area contributed by atoms with Gasteiger partial charge in [0.1, 0.15) is 0 Å². The first-order valence-corrected chi connectivity index (χ1v) is 10.4. The zero-order valence-electron chi connectivity index (χ0n) is 17.4. The molecular weight excluding hydrogens is 370 g/mol. The molecule has 1 atom stereocenters. The van der Waals surface area contributed by atoms with Crippen molar-refractivity contribution in [3.63, 3.8) is 0 Å². The first-order valence-electron chi connectivity index (χ1n) is 10.4. The molecule has 2 saturated heterocycles. The maximum atomic E-state index is 13.0. The fraction of sp³-hybridized carbons (Fsp3) is 0.591. The SMILES string of the molecule is COC(=O)c1ccccc1C(=O)N1CCCC(CCC(=O)N2CCN(C)CC2)C1. The Morgan fingerprint density at radius 2 is 1.69 bits per heavy atom. The number of methoxy groups -OCH3 is 1. The minimum absolute atomic E-state index is 0.138. The molecule has 29 heavy (non-hydrogen) atoms. The van der Waals surface area contributed by atoms with Gasteiger partial charge in [-0.3, -0.25) is 9.59 Å². The molecule has 1 aromatic carbocycles. The number of carbonyl (C=O) groups excluding carboxylic acids is 3. The van der Waals surface area contributed by atoms with E-state index in [9.17, 15) is 14.4 Å². The van der Waals surface area contributed by atoms with Crippen molar-refractivity contribution in [3.05, 3.63) is 35.4 Å². The van der Waals surface area contributed by atoms with Crippen LogP contribution in [0.1, 0.15) is 46.4 Å². The van der Waals surface area contributed by atoms with Crippen LogP contribution >= 0.6 is 0 Å². The normalized spacial score (nSPS) is 20.4. The number of benzene rings is 1. The van der Waals surface area contributed by atoms with Crippen molar-refractivity contribution in [3.8, 4) is 0 Å². The highest BCUT2D eigenvalue weighted by Gasteiger charge is 2.28. The molecule has 0 N–H and O–H groups in total. The summed E-state index contributed by atoms with van der Waals surface area (Å²) in [7, 11) is 3.39. The zero-order valence-corrected chi connectivity index (χ0v) is 17.4. The molecule has 2 fully saturated rings. The van der Waals surface area contributed by atoms with Gasteiger partial charge in [-0.1, -0.05) is 12.1 Å². The van der Waals surface area contributed by atoms with Crippen molar-refractivity contribution in [2.45, 2.75) is 25.7 Å². The van der Waals surface area contributed by atoms with Crippen LogP contribution in [0.3, 0.4) is 0 Å². The van der Waals surface area contributed by atoms with Gasteiger partial charge in [0.15, 0.2) is 0 Å². The average Bonchev–Trinajstić information content (AvgIpc) is 2.77. The van der Waals surface area contributed by atoms with E-state index in [4.69, 9.17) is 4.74 Å². The van der Waals surface area contributed by atoms with Crippen LogP contribution in [0.5, 0.6) is 0 Å². The number of rotatable bonds is 5. The molecule has 3 rings (SSSR count). The fourth-order valence-corrected chi connectivity index (χ4v) is 4.15. The van der Waals surface area contributed by atoms with Gasteiger partial charge in [-0.25, -0.2) is 4.79 Å². The first kappa shape index (κ1) is 21.3. The lowest BCUT2D eigenvalue weighted by Gasteiger charge is -2.35. The maximum Gasteiger partial charge on any atom is 0.338 e. The lowest BCUT2D eigenvalue weighted by Crippen LogP contribution is -2.47. The molecule has 2 heterocycles. The minimum Gasteiger partial charge on any atom is -0.465 e. The maximum absolute atomic E-state index is 13.0. The third-order valence-electron chi connectivity index (χ3n) is 5.99.